The van der Waals surface area contributed by atoms with Gasteiger partial charge >= 0.3 is 0 Å². The van der Waals surface area contributed by atoms with Gasteiger partial charge in [-0.25, -0.2) is 8.78 Å². The van der Waals surface area contributed by atoms with Gasteiger partial charge in [0, 0.05) is 10.4 Å². The molecule has 0 aliphatic heterocycles. The van der Waals surface area contributed by atoms with Crippen LogP contribution in [0.3, 0.4) is 0 Å². The number of halogens is 3. The highest BCUT2D eigenvalue weighted by molar-refractivity contribution is 6.31. The number of rotatable bonds is 5. The lowest BCUT2D eigenvalue weighted by molar-refractivity contribution is 0.116. The topological polar surface area (TPSA) is 40.5 Å². The van der Waals surface area contributed by atoms with E-state index in [1.807, 2.05) is 0 Å². The molecule has 0 saturated heterocycles. The van der Waals surface area contributed by atoms with Gasteiger partial charge in [-0.2, -0.15) is 0 Å². The Balaban J connectivity index is 2.43. The van der Waals surface area contributed by atoms with Gasteiger partial charge in [-0.15, -0.1) is 0 Å². The Kier molecular flexibility index (Phi) is 4.93. The molecule has 0 aliphatic rings. The summed E-state index contributed by atoms with van der Waals surface area (Å²) in [5.41, 5.74) is -0.0397. The molecule has 0 atom stereocenters. The molecule has 0 fully saturated rings. The van der Waals surface area contributed by atoms with Gasteiger partial charge in [0.25, 0.3) is 0 Å². The molecule has 112 valence electrons. The van der Waals surface area contributed by atoms with Crippen LogP contribution in [0.4, 0.5) is 8.78 Å². The van der Waals surface area contributed by atoms with Gasteiger partial charge in [-0.05, 0) is 41.8 Å². The average molecular weight is 313 g/mol. The first kappa shape index (κ1) is 15.9. The third kappa shape index (κ3) is 3.40. The first-order chi connectivity index (χ1) is 10.0. The summed E-state index contributed by atoms with van der Waals surface area (Å²) in [4.78, 5) is 0. The van der Waals surface area contributed by atoms with Crippen LogP contribution in [0.1, 0.15) is 11.1 Å². The molecule has 0 amide bonds. The largest absolute Gasteiger partial charge is 0.395 e. The molecule has 0 aromatic heterocycles. The highest BCUT2D eigenvalue weighted by Crippen LogP contribution is 2.31. The standard InChI is InChI=1S/C16H15ClF2O2/c17-15-7-14(19)5-4-11(15)8-16(9-20,10-21)12-2-1-3-13(18)6-12/h1-7,20-21H,8-10H2. The van der Waals surface area contributed by atoms with Crippen molar-refractivity contribution in [2.24, 2.45) is 0 Å². The fourth-order valence-electron chi connectivity index (χ4n) is 2.29. The number of aliphatic hydroxyl groups excluding tert-OH is 2. The van der Waals surface area contributed by atoms with Crippen molar-refractivity contribution < 1.29 is 19.0 Å². The van der Waals surface area contributed by atoms with Gasteiger partial charge in [0.15, 0.2) is 0 Å². The van der Waals surface area contributed by atoms with Crippen LogP contribution in [-0.4, -0.2) is 23.4 Å². The molecule has 0 spiro atoms. The molecule has 5 heteroatoms. The lowest BCUT2D eigenvalue weighted by Crippen LogP contribution is -2.37. The molecule has 0 bridgehead atoms. The van der Waals surface area contributed by atoms with E-state index >= 15 is 0 Å². The zero-order valence-corrected chi connectivity index (χ0v) is 11.9. The maximum absolute atomic E-state index is 13.4. The molecule has 0 saturated carbocycles. The van der Waals surface area contributed by atoms with Gasteiger partial charge in [0.2, 0.25) is 0 Å². The molecular formula is C16H15ClF2O2. The van der Waals surface area contributed by atoms with E-state index in [2.05, 4.69) is 0 Å². The highest BCUT2D eigenvalue weighted by Gasteiger charge is 2.32. The van der Waals surface area contributed by atoms with E-state index in [-0.39, 0.29) is 24.7 Å². The first-order valence-corrected chi connectivity index (χ1v) is 6.80. The average Bonchev–Trinajstić information content (AvgIpc) is 2.47. The summed E-state index contributed by atoms with van der Waals surface area (Å²) in [6, 6.07) is 9.62. The second-order valence-electron chi connectivity index (χ2n) is 5.02. The van der Waals surface area contributed by atoms with Crippen LogP contribution < -0.4 is 0 Å². The van der Waals surface area contributed by atoms with Crippen LogP contribution in [0.2, 0.25) is 5.02 Å². The second kappa shape index (κ2) is 6.52. The van der Waals surface area contributed by atoms with Crippen LogP contribution in [0.15, 0.2) is 42.5 Å². The van der Waals surface area contributed by atoms with E-state index in [9.17, 15) is 19.0 Å². The van der Waals surface area contributed by atoms with Gasteiger partial charge in [0.05, 0.1) is 13.2 Å². The van der Waals surface area contributed by atoms with Crippen molar-refractivity contribution in [2.75, 3.05) is 13.2 Å². The number of hydrogen-bond donors (Lipinski definition) is 2. The maximum atomic E-state index is 13.4. The minimum Gasteiger partial charge on any atom is -0.395 e. The Bertz CT molecular complexity index is 627. The maximum Gasteiger partial charge on any atom is 0.124 e. The van der Waals surface area contributed by atoms with Gasteiger partial charge in [0.1, 0.15) is 11.6 Å². The molecule has 2 aromatic carbocycles. The van der Waals surface area contributed by atoms with Crippen molar-refractivity contribution in [3.05, 3.63) is 70.2 Å². The van der Waals surface area contributed by atoms with E-state index in [1.54, 1.807) is 6.07 Å². The molecule has 21 heavy (non-hydrogen) atoms. The minimum atomic E-state index is -1.08. The Morgan fingerprint density at radius 3 is 2.19 bits per heavy atom. The van der Waals surface area contributed by atoms with Crippen LogP contribution in [0.25, 0.3) is 0 Å². The Morgan fingerprint density at radius 2 is 1.62 bits per heavy atom. The van der Waals surface area contributed by atoms with Crippen molar-refractivity contribution in [3.8, 4) is 0 Å². The fraction of sp³-hybridized carbons (Fsp3) is 0.250. The van der Waals surface area contributed by atoms with Crippen LogP contribution in [-0.2, 0) is 11.8 Å². The monoisotopic (exact) mass is 312 g/mol. The molecule has 0 aliphatic carbocycles. The molecule has 2 aromatic rings. The molecule has 0 radical (unpaired) electrons. The van der Waals surface area contributed by atoms with Crippen molar-refractivity contribution in [3.63, 3.8) is 0 Å². The lowest BCUT2D eigenvalue weighted by Gasteiger charge is -2.31. The summed E-state index contributed by atoms with van der Waals surface area (Å²) in [6.45, 7) is -0.776. The van der Waals surface area contributed by atoms with Crippen molar-refractivity contribution in [1.82, 2.24) is 0 Å². The zero-order valence-electron chi connectivity index (χ0n) is 11.2. The van der Waals surface area contributed by atoms with Crippen LogP contribution in [0, 0.1) is 11.6 Å². The predicted molar refractivity (Wildman–Crippen MR) is 77.4 cm³/mol. The predicted octanol–water partition coefficient (Wildman–Crippen LogP) is 3.08. The molecular weight excluding hydrogens is 298 g/mol. The Hall–Kier alpha value is -1.49. The summed E-state index contributed by atoms with van der Waals surface area (Å²) >= 11 is 5.99. The van der Waals surface area contributed by atoms with E-state index in [0.29, 0.717) is 11.1 Å². The number of aliphatic hydroxyl groups is 2. The molecule has 0 heterocycles. The van der Waals surface area contributed by atoms with Gasteiger partial charge in [-0.1, -0.05) is 29.8 Å². The van der Waals surface area contributed by atoms with Gasteiger partial charge < -0.3 is 10.2 Å². The number of hydrogen-bond acceptors (Lipinski definition) is 2. The third-order valence-electron chi connectivity index (χ3n) is 3.59. The van der Waals surface area contributed by atoms with Gasteiger partial charge in [-0.3, -0.25) is 0 Å². The van der Waals surface area contributed by atoms with E-state index in [1.165, 1.54) is 36.4 Å². The van der Waals surface area contributed by atoms with Crippen LogP contribution >= 0.6 is 11.6 Å². The summed E-state index contributed by atoms with van der Waals surface area (Å²) in [7, 11) is 0. The SMILES string of the molecule is OCC(CO)(Cc1ccc(F)cc1Cl)c1cccc(F)c1. The second-order valence-corrected chi connectivity index (χ2v) is 5.43. The number of benzene rings is 2. The fourth-order valence-corrected chi connectivity index (χ4v) is 2.53. The zero-order chi connectivity index (χ0) is 15.5. The molecule has 2 nitrogen and oxygen atoms in total. The van der Waals surface area contributed by atoms with Crippen LogP contribution in [0.5, 0.6) is 0 Å². The summed E-state index contributed by atoms with van der Waals surface area (Å²) in [5, 5.41) is 19.7. The minimum absolute atomic E-state index is 0.169. The van der Waals surface area contributed by atoms with E-state index < -0.39 is 17.0 Å². The molecule has 2 N–H and O–H groups in total. The first-order valence-electron chi connectivity index (χ1n) is 6.42. The summed E-state index contributed by atoms with van der Waals surface area (Å²) in [6.07, 6.45) is 0.169. The van der Waals surface area contributed by atoms with Crippen molar-refractivity contribution in [1.29, 1.82) is 0 Å². The summed E-state index contributed by atoms with van der Waals surface area (Å²) in [5.74, 6) is -0.919. The molecule has 0 unspecified atom stereocenters. The smallest absolute Gasteiger partial charge is 0.124 e. The lowest BCUT2D eigenvalue weighted by atomic mass is 9.77. The van der Waals surface area contributed by atoms with Crippen molar-refractivity contribution >= 4 is 11.6 Å². The summed E-state index contributed by atoms with van der Waals surface area (Å²) < 4.78 is 26.5. The third-order valence-corrected chi connectivity index (χ3v) is 3.94. The molecule has 2 rings (SSSR count). The Labute approximate surface area is 126 Å². The highest BCUT2D eigenvalue weighted by atomic mass is 35.5. The Morgan fingerprint density at radius 1 is 0.952 bits per heavy atom. The normalized spacial score (nSPS) is 11.7. The quantitative estimate of drug-likeness (QED) is 0.891. The van der Waals surface area contributed by atoms with E-state index in [0.717, 1.165) is 0 Å². The van der Waals surface area contributed by atoms with E-state index in [4.69, 9.17) is 11.6 Å². The van der Waals surface area contributed by atoms with Crippen molar-refractivity contribution in [2.45, 2.75) is 11.8 Å².